The number of unbranched alkanes of at least 4 members (excludes halogenated alkanes) is 1. The van der Waals surface area contributed by atoms with E-state index in [1.165, 1.54) is 17.8 Å². The number of ether oxygens (including phenoxy) is 1. The van der Waals surface area contributed by atoms with Crippen molar-refractivity contribution >= 4 is 35.7 Å². The number of rotatable bonds is 9. The van der Waals surface area contributed by atoms with E-state index in [9.17, 15) is 13.6 Å². The van der Waals surface area contributed by atoms with Crippen molar-refractivity contribution in [3.05, 3.63) is 59.9 Å². The average molecular weight is 479 g/mol. The maximum absolute atomic E-state index is 13.8. The van der Waals surface area contributed by atoms with Crippen molar-refractivity contribution in [1.29, 1.82) is 0 Å². The first kappa shape index (κ1) is 24.6. The predicted octanol–water partition coefficient (Wildman–Crippen LogP) is 6.45. The van der Waals surface area contributed by atoms with Crippen LogP contribution in [0.2, 0.25) is 0 Å². The largest absolute Gasteiger partial charge is 0.461 e. The van der Waals surface area contributed by atoms with Gasteiger partial charge in [-0.15, -0.1) is 11.8 Å². The Morgan fingerprint density at radius 3 is 2.84 bits per heavy atom. The van der Waals surface area contributed by atoms with Crippen molar-refractivity contribution in [2.75, 3.05) is 24.7 Å². The third-order valence-corrected chi connectivity index (χ3v) is 7.21. The molecule has 1 atom stereocenters. The van der Waals surface area contributed by atoms with Crippen LogP contribution in [-0.4, -0.2) is 36.5 Å². The van der Waals surface area contributed by atoms with Crippen LogP contribution in [0.4, 0.5) is 14.5 Å². The van der Waals surface area contributed by atoms with Crippen molar-refractivity contribution < 1.29 is 18.3 Å². The lowest BCUT2D eigenvalue weighted by atomic mass is 10.1. The van der Waals surface area contributed by atoms with Crippen LogP contribution in [0.25, 0.3) is 0 Å². The number of likely N-dealkylation sites (N-methyl/N-ethyl adjacent to an activating group) is 1. The Morgan fingerprint density at radius 1 is 1.34 bits per heavy atom. The van der Waals surface area contributed by atoms with Crippen molar-refractivity contribution in [3.8, 4) is 5.75 Å². The van der Waals surface area contributed by atoms with Crippen molar-refractivity contribution in [3.63, 3.8) is 0 Å². The van der Waals surface area contributed by atoms with Gasteiger partial charge >= 0.3 is 0 Å². The summed E-state index contributed by atoms with van der Waals surface area (Å²) in [4.78, 5) is 14.7. The molecule has 0 amide bonds. The molecule has 172 valence electrons. The monoisotopic (exact) mass is 478 g/mol. The van der Waals surface area contributed by atoms with Crippen LogP contribution in [-0.2, 0) is 11.3 Å². The van der Waals surface area contributed by atoms with Crippen LogP contribution >= 0.6 is 23.7 Å². The molecule has 0 radical (unpaired) electrons. The molecule has 3 rings (SSSR count). The number of halogens is 2. The Labute approximate surface area is 197 Å². The number of carbonyl (C=O) groups is 1. The molecule has 2 aromatic rings. The molecule has 0 fully saturated rings. The van der Waals surface area contributed by atoms with E-state index < -0.39 is 5.83 Å². The van der Waals surface area contributed by atoms with Gasteiger partial charge in [0, 0.05) is 19.1 Å². The molecule has 1 aliphatic rings. The van der Waals surface area contributed by atoms with Gasteiger partial charge in [-0.05, 0) is 61.5 Å². The summed E-state index contributed by atoms with van der Waals surface area (Å²) in [5, 5.41) is 0. The zero-order valence-corrected chi connectivity index (χ0v) is 20.1. The molecule has 32 heavy (non-hydrogen) atoms. The lowest BCUT2D eigenvalue weighted by molar-refractivity contribution is -0.106. The standard InChI is InChI=1S/C24H28F2N2O2S2/c1-4-5-9-20-14-28(13-17-7-6-8-18(25)10-17)21-11-24(31-3)22(30-16-19(26)15-29)12-23(21)32-27(20)2/h6-8,10-12,15-16,20H,4-5,9,13-14H2,1-3H3/b19-16-. The summed E-state index contributed by atoms with van der Waals surface area (Å²) < 4.78 is 34.9. The zero-order valence-electron chi connectivity index (χ0n) is 18.5. The Bertz CT molecular complexity index is 971. The fraction of sp³-hybridized carbons (Fsp3) is 0.375. The topological polar surface area (TPSA) is 32.8 Å². The number of aldehydes is 1. The van der Waals surface area contributed by atoms with Crippen molar-refractivity contribution in [2.45, 2.75) is 48.6 Å². The molecule has 0 spiro atoms. The quantitative estimate of drug-likeness (QED) is 0.135. The van der Waals surface area contributed by atoms with E-state index in [1.54, 1.807) is 24.1 Å². The molecule has 8 heteroatoms. The van der Waals surface area contributed by atoms with Gasteiger partial charge in [0.15, 0.2) is 12.1 Å². The smallest absolute Gasteiger partial charge is 0.197 e. The molecule has 0 N–H and O–H groups in total. The first-order chi connectivity index (χ1) is 15.4. The predicted molar refractivity (Wildman–Crippen MR) is 128 cm³/mol. The van der Waals surface area contributed by atoms with E-state index in [-0.39, 0.29) is 12.1 Å². The minimum absolute atomic E-state index is 0.115. The van der Waals surface area contributed by atoms with Crippen LogP contribution in [0, 0.1) is 5.82 Å². The van der Waals surface area contributed by atoms with E-state index in [2.05, 4.69) is 23.2 Å². The molecule has 1 heterocycles. The number of nitrogens with zero attached hydrogens (tertiary/aromatic N) is 2. The maximum Gasteiger partial charge on any atom is 0.197 e. The van der Waals surface area contributed by atoms with E-state index in [1.807, 2.05) is 24.5 Å². The number of hydrogen-bond donors (Lipinski definition) is 0. The second-order valence-electron chi connectivity index (χ2n) is 7.65. The number of fused-ring (bicyclic) bond motifs is 1. The van der Waals surface area contributed by atoms with Gasteiger partial charge in [0.25, 0.3) is 0 Å². The SMILES string of the molecule is CCCCC1CN(Cc2cccc(F)c2)c2cc(SC)c(O/C=C(\F)C=O)cc2SN1C. The highest BCUT2D eigenvalue weighted by Gasteiger charge is 2.28. The summed E-state index contributed by atoms with van der Waals surface area (Å²) >= 11 is 3.11. The van der Waals surface area contributed by atoms with Crippen LogP contribution in [0.15, 0.2) is 58.3 Å². The van der Waals surface area contributed by atoms with Crippen LogP contribution in [0.5, 0.6) is 5.75 Å². The Kier molecular flexibility index (Phi) is 9.02. The van der Waals surface area contributed by atoms with E-state index in [0.29, 0.717) is 18.3 Å². The van der Waals surface area contributed by atoms with Crippen LogP contribution < -0.4 is 9.64 Å². The summed E-state index contributed by atoms with van der Waals surface area (Å²) in [6.45, 7) is 3.57. The van der Waals surface area contributed by atoms with Gasteiger partial charge in [-0.2, -0.15) is 4.39 Å². The summed E-state index contributed by atoms with van der Waals surface area (Å²) in [7, 11) is 2.08. The summed E-state index contributed by atoms with van der Waals surface area (Å²) in [5.74, 6) is -0.722. The lowest BCUT2D eigenvalue weighted by Gasteiger charge is -2.30. The number of hydrogen-bond acceptors (Lipinski definition) is 6. The van der Waals surface area contributed by atoms with Gasteiger partial charge in [0.2, 0.25) is 0 Å². The molecule has 0 bridgehead atoms. The van der Waals surface area contributed by atoms with E-state index in [4.69, 9.17) is 4.74 Å². The van der Waals surface area contributed by atoms with Gasteiger partial charge < -0.3 is 9.64 Å². The molecule has 0 saturated carbocycles. The molecule has 0 saturated heterocycles. The minimum atomic E-state index is -0.968. The number of allylic oxidation sites excluding steroid dienone is 1. The number of carbonyl (C=O) groups excluding carboxylic acids is 1. The van der Waals surface area contributed by atoms with Gasteiger partial charge in [0.1, 0.15) is 17.8 Å². The minimum Gasteiger partial charge on any atom is -0.461 e. The van der Waals surface area contributed by atoms with E-state index >= 15 is 0 Å². The van der Waals surface area contributed by atoms with Crippen molar-refractivity contribution in [1.82, 2.24) is 4.31 Å². The molecular weight excluding hydrogens is 450 g/mol. The molecule has 1 aliphatic heterocycles. The zero-order chi connectivity index (χ0) is 23.1. The highest BCUT2D eigenvalue weighted by atomic mass is 32.2. The second kappa shape index (κ2) is 11.7. The molecule has 0 aliphatic carbocycles. The normalized spacial score (nSPS) is 17.1. The number of anilines is 1. The van der Waals surface area contributed by atoms with Gasteiger partial charge in [-0.3, -0.25) is 4.79 Å². The summed E-state index contributed by atoms with van der Waals surface area (Å²) in [6.07, 6.45) is 6.16. The molecule has 2 aromatic carbocycles. The first-order valence-electron chi connectivity index (χ1n) is 10.5. The van der Waals surface area contributed by atoms with Crippen LogP contribution in [0.3, 0.4) is 0 Å². The van der Waals surface area contributed by atoms with Gasteiger partial charge in [-0.25, -0.2) is 8.70 Å². The van der Waals surface area contributed by atoms with Crippen LogP contribution in [0.1, 0.15) is 31.7 Å². The fourth-order valence-electron chi connectivity index (χ4n) is 3.67. The highest BCUT2D eigenvalue weighted by Crippen LogP contribution is 2.44. The number of thioether (sulfide) groups is 1. The third-order valence-electron chi connectivity index (χ3n) is 5.34. The summed E-state index contributed by atoms with van der Waals surface area (Å²) in [6, 6.07) is 10.9. The Hall–Kier alpha value is -2.03. The van der Waals surface area contributed by atoms with Gasteiger partial charge in [-0.1, -0.05) is 31.9 Å². The molecular formula is C24H28F2N2O2S2. The maximum atomic E-state index is 13.8. The average Bonchev–Trinajstić information content (AvgIpc) is 2.91. The first-order valence-corrected chi connectivity index (χ1v) is 12.5. The second-order valence-corrected chi connectivity index (χ2v) is 9.70. The third kappa shape index (κ3) is 6.27. The van der Waals surface area contributed by atoms with Crippen molar-refractivity contribution in [2.24, 2.45) is 0 Å². The molecule has 0 aromatic heterocycles. The highest BCUT2D eigenvalue weighted by molar-refractivity contribution is 7.98. The Balaban J connectivity index is 2.01. The summed E-state index contributed by atoms with van der Waals surface area (Å²) in [5.41, 5.74) is 1.93. The van der Waals surface area contributed by atoms with Gasteiger partial charge in [0.05, 0.1) is 15.5 Å². The van der Waals surface area contributed by atoms with E-state index in [0.717, 1.165) is 53.1 Å². The number of benzene rings is 2. The lowest BCUT2D eigenvalue weighted by Crippen LogP contribution is -2.37. The molecule has 1 unspecified atom stereocenters. The molecule has 4 nitrogen and oxygen atoms in total. The fourth-order valence-corrected chi connectivity index (χ4v) is 5.28. The Morgan fingerprint density at radius 2 is 2.16 bits per heavy atom.